The van der Waals surface area contributed by atoms with Crippen molar-refractivity contribution in [3.63, 3.8) is 0 Å². The average Bonchev–Trinajstić information content (AvgIpc) is 2.40. The number of carboxylic acids is 1. The van der Waals surface area contributed by atoms with Crippen molar-refractivity contribution in [1.29, 1.82) is 5.26 Å². The minimum absolute atomic E-state index is 0.314. The predicted octanol–water partition coefficient (Wildman–Crippen LogP) is 2.26. The molecule has 5 nitrogen and oxygen atoms in total. The predicted molar refractivity (Wildman–Crippen MR) is 68.1 cm³/mol. The standard InChI is InChI=1S/C13H17N3O2/c1-3-13(4-2,12(17)18)9-16-10-5-6-15-11(7-10)8-14/h5-7H,3-4,9H2,1-2H3,(H,15,16)(H,17,18). The number of carboxylic acid groups (broad SMARTS) is 1. The van der Waals surface area contributed by atoms with Crippen LogP contribution in [0, 0.1) is 16.7 Å². The first-order valence-electron chi connectivity index (χ1n) is 5.91. The molecule has 5 heteroatoms. The van der Waals surface area contributed by atoms with E-state index >= 15 is 0 Å². The van der Waals surface area contributed by atoms with Gasteiger partial charge in [-0.25, -0.2) is 4.98 Å². The quantitative estimate of drug-likeness (QED) is 0.805. The minimum Gasteiger partial charge on any atom is -0.481 e. The second kappa shape index (κ2) is 6.01. The van der Waals surface area contributed by atoms with Crippen molar-refractivity contribution in [2.24, 2.45) is 5.41 Å². The zero-order valence-corrected chi connectivity index (χ0v) is 10.6. The van der Waals surface area contributed by atoms with Crippen LogP contribution in [-0.2, 0) is 4.79 Å². The van der Waals surface area contributed by atoms with E-state index in [0.717, 1.165) is 0 Å². The van der Waals surface area contributed by atoms with Crippen LogP contribution in [0.15, 0.2) is 18.3 Å². The van der Waals surface area contributed by atoms with Crippen LogP contribution in [0.4, 0.5) is 5.69 Å². The lowest BCUT2D eigenvalue weighted by atomic mass is 9.82. The van der Waals surface area contributed by atoms with Gasteiger partial charge in [-0.3, -0.25) is 4.79 Å². The molecule has 0 aromatic carbocycles. The number of rotatable bonds is 6. The van der Waals surface area contributed by atoms with Gasteiger partial charge in [-0.05, 0) is 25.0 Å². The highest BCUT2D eigenvalue weighted by Gasteiger charge is 2.34. The molecule has 18 heavy (non-hydrogen) atoms. The molecule has 0 aliphatic rings. The summed E-state index contributed by atoms with van der Waals surface area (Å²) in [6, 6.07) is 5.28. The fourth-order valence-corrected chi connectivity index (χ4v) is 1.75. The third kappa shape index (κ3) is 2.98. The van der Waals surface area contributed by atoms with E-state index in [9.17, 15) is 9.90 Å². The zero-order valence-electron chi connectivity index (χ0n) is 10.6. The Morgan fingerprint density at radius 1 is 1.56 bits per heavy atom. The summed E-state index contributed by atoms with van der Waals surface area (Å²) in [4.78, 5) is 15.2. The van der Waals surface area contributed by atoms with Crippen LogP contribution < -0.4 is 5.32 Å². The first-order chi connectivity index (χ1) is 8.57. The van der Waals surface area contributed by atoms with Gasteiger partial charge in [-0.15, -0.1) is 0 Å². The Hall–Kier alpha value is -2.09. The van der Waals surface area contributed by atoms with Crippen LogP contribution in [0.3, 0.4) is 0 Å². The lowest BCUT2D eigenvalue weighted by molar-refractivity contribution is -0.148. The van der Waals surface area contributed by atoms with Crippen molar-refractivity contribution < 1.29 is 9.90 Å². The van der Waals surface area contributed by atoms with Crippen LogP contribution in [0.1, 0.15) is 32.4 Å². The molecule has 0 fully saturated rings. The summed E-state index contributed by atoms with van der Waals surface area (Å²) < 4.78 is 0. The first-order valence-corrected chi connectivity index (χ1v) is 5.91. The molecule has 0 saturated heterocycles. The molecule has 1 heterocycles. The molecular formula is C13H17N3O2. The lowest BCUT2D eigenvalue weighted by Gasteiger charge is -2.27. The van der Waals surface area contributed by atoms with Crippen LogP contribution in [-0.4, -0.2) is 22.6 Å². The Morgan fingerprint density at radius 3 is 2.72 bits per heavy atom. The summed E-state index contributed by atoms with van der Waals surface area (Å²) in [7, 11) is 0. The second-order valence-corrected chi connectivity index (χ2v) is 4.19. The monoisotopic (exact) mass is 247 g/mol. The third-order valence-corrected chi connectivity index (χ3v) is 3.31. The van der Waals surface area contributed by atoms with E-state index in [0.29, 0.717) is 30.8 Å². The Balaban J connectivity index is 2.79. The first kappa shape index (κ1) is 14.0. The van der Waals surface area contributed by atoms with Crippen molar-refractivity contribution in [3.05, 3.63) is 24.0 Å². The summed E-state index contributed by atoms with van der Waals surface area (Å²) in [5.41, 5.74) is 0.263. The van der Waals surface area contributed by atoms with Crippen molar-refractivity contribution in [1.82, 2.24) is 4.98 Å². The van der Waals surface area contributed by atoms with Gasteiger partial charge in [0.05, 0.1) is 5.41 Å². The van der Waals surface area contributed by atoms with E-state index in [1.165, 1.54) is 6.20 Å². The highest BCUT2D eigenvalue weighted by atomic mass is 16.4. The van der Waals surface area contributed by atoms with Gasteiger partial charge >= 0.3 is 5.97 Å². The third-order valence-electron chi connectivity index (χ3n) is 3.31. The van der Waals surface area contributed by atoms with E-state index in [-0.39, 0.29) is 0 Å². The molecule has 96 valence electrons. The largest absolute Gasteiger partial charge is 0.481 e. The van der Waals surface area contributed by atoms with Gasteiger partial charge in [0.1, 0.15) is 11.8 Å². The molecule has 0 amide bonds. The van der Waals surface area contributed by atoms with E-state index in [4.69, 9.17) is 5.26 Å². The van der Waals surface area contributed by atoms with Gasteiger partial charge in [0.25, 0.3) is 0 Å². The number of aromatic nitrogens is 1. The van der Waals surface area contributed by atoms with Crippen molar-refractivity contribution in [2.45, 2.75) is 26.7 Å². The molecule has 0 bridgehead atoms. The lowest BCUT2D eigenvalue weighted by Crippen LogP contribution is -2.36. The van der Waals surface area contributed by atoms with Crippen molar-refractivity contribution in [2.75, 3.05) is 11.9 Å². The van der Waals surface area contributed by atoms with Crippen LogP contribution in [0.5, 0.6) is 0 Å². The molecule has 0 spiro atoms. The Kier molecular flexibility index (Phi) is 4.67. The number of pyridine rings is 1. The molecule has 0 aliphatic carbocycles. The highest BCUT2D eigenvalue weighted by Crippen LogP contribution is 2.27. The van der Waals surface area contributed by atoms with Gasteiger partial charge in [-0.1, -0.05) is 13.8 Å². The van der Waals surface area contributed by atoms with E-state index in [1.807, 2.05) is 19.9 Å². The Bertz CT molecular complexity index is 462. The van der Waals surface area contributed by atoms with Gasteiger partial charge in [0.2, 0.25) is 0 Å². The topological polar surface area (TPSA) is 86.0 Å². The maximum atomic E-state index is 11.3. The zero-order chi connectivity index (χ0) is 13.6. The molecule has 0 radical (unpaired) electrons. The molecule has 0 unspecified atom stereocenters. The number of aliphatic carboxylic acids is 1. The number of nitriles is 1. The number of nitrogens with one attached hydrogen (secondary N) is 1. The van der Waals surface area contributed by atoms with Crippen molar-refractivity contribution >= 4 is 11.7 Å². The summed E-state index contributed by atoms with van der Waals surface area (Å²) in [6.07, 6.45) is 2.64. The van der Waals surface area contributed by atoms with E-state index in [2.05, 4.69) is 10.3 Å². The molecule has 1 aromatic heterocycles. The number of hydrogen-bond donors (Lipinski definition) is 2. The van der Waals surface area contributed by atoms with Crippen LogP contribution >= 0.6 is 0 Å². The van der Waals surface area contributed by atoms with Gasteiger partial charge in [0, 0.05) is 18.4 Å². The maximum Gasteiger partial charge on any atom is 0.311 e. The van der Waals surface area contributed by atoms with Gasteiger partial charge in [-0.2, -0.15) is 5.26 Å². The number of nitrogens with zero attached hydrogens (tertiary/aromatic N) is 2. The summed E-state index contributed by atoms with van der Waals surface area (Å²) in [5, 5.41) is 21.1. The second-order valence-electron chi connectivity index (χ2n) is 4.19. The molecule has 0 atom stereocenters. The normalized spacial score (nSPS) is 10.7. The van der Waals surface area contributed by atoms with E-state index < -0.39 is 11.4 Å². The van der Waals surface area contributed by atoms with Crippen LogP contribution in [0.2, 0.25) is 0 Å². The molecule has 1 rings (SSSR count). The maximum absolute atomic E-state index is 11.3. The molecule has 2 N–H and O–H groups in total. The number of carbonyl (C=O) groups is 1. The van der Waals surface area contributed by atoms with Crippen molar-refractivity contribution in [3.8, 4) is 6.07 Å². The highest BCUT2D eigenvalue weighted by molar-refractivity contribution is 5.75. The van der Waals surface area contributed by atoms with Gasteiger partial charge < -0.3 is 10.4 Å². The van der Waals surface area contributed by atoms with Gasteiger partial charge in [0.15, 0.2) is 0 Å². The number of anilines is 1. The summed E-state index contributed by atoms with van der Waals surface area (Å²) in [6.45, 7) is 4.07. The Morgan fingerprint density at radius 2 is 2.22 bits per heavy atom. The number of hydrogen-bond acceptors (Lipinski definition) is 4. The van der Waals surface area contributed by atoms with E-state index in [1.54, 1.807) is 12.1 Å². The fraction of sp³-hybridized carbons (Fsp3) is 0.462. The molecule has 0 saturated carbocycles. The fourth-order valence-electron chi connectivity index (χ4n) is 1.75. The average molecular weight is 247 g/mol. The Labute approximate surface area is 106 Å². The molecule has 1 aromatic rings. The molecule has 0 aliphatic heterocycles. The SMILES string of the molecule is CCC(CC)(CNc1ccnc(C#N)c1)C(=O)O. The smallest absolute Gasteiger partial charge is 0.311 e. The van der Waals surface area contributed by atoms with Crippen LogP contribution in [0.25, 0.3) is 0 Å². The minimum atomic E-state index is -0.797. The summed E-state index contributed by atoms with van der Waals surface area (Å²) in [5.74, 6) is -0.797. The summed E-state index contributed by atoms with van der Waals surface area (Å²) >= 11 is 0. The molecular weight excluding hydrogens is 230 g/mol.